The van der Waals surface area contributed by atoms with E-state index < -0.39 is 0 Å². The monoisotopic (exact) mass is 380 g/mol. The van der Waals surface area contributed by atoms with E-state index in [2.05, 4.69) is 62.9 Å². The molecule has 1 fully saturated rings. The number of hydrogen-bond donors (Lipinski definition) is 0. The summed E-state index contributed by atoms with van der Waals surface area (Å²) in [6.45, 7) is 3.08. The molecule has 0 atom stereocenters. The molecule has 26 heavy (non-hydrogen) atoms. The Hall–Kier alpha value is -2.02. The molecule has 5 rings (SSSR count). The van der Waals surface area contributed by atoms with Crippen molar-refractivity contribution in [2.45, 2.75) is 25.4 Å². The van der Waals surface area contributed by atoms with Crippen molar-refractivity contribution in [1.29, 1.82) is 0 Å². The first-order valence-corrected chi connectivity index (χ1v) is 10.7. The van der Waals surface area contributed by atoms with Gasteiger partial charge in [-0.1, -0.05) is 12.1 Å². The number of nitrogens with zero attached hydrogens (tertiary/aromatic N) is 4. The molecule has 0 N–H and O–H groups in total. The molecule has 4 nitrogen and oxygen atoms in total. The summed E-state index contributed by atoms with van der Waals surface area (Å²) in [5.74, 6) is 0.600. The van der Waals surface area contributed by atoms with Crippen molar-refractivity contribution >= 4 is 32.9 Å². The topological polar surface area (TPSA) is 34.0 Å². The van der Waals surface area contributed by atoms with Crippen LogP contribution in [0.1, 0.15) is 23.8 Å². The molecular formula is C20H20N4S2. The summed E-state index contributed by atoms with van der Waals surface area (Å²) >= 11 is 3.58. The Morgan fingerprint density at radius 1 is 1.08 bits per heavy atom. The van der Waals surface area contributed by atoms with Crippen LogP contribution >= 0.6 is 22.7 Å². The standard InChI is InChI=1S/C20H20N4S2/c1-2-4-19-18(3-1)21-20(26-19)15-5-9-23(10-6-15)14-24-11-7-17(22-24)16-8-12-25-13-16/h1-4,7-8,11-13,15H,5-6,9-10,14H2. The van der Waals surface area contributed by atoms with Gasteiger partial charge in [-0.15, -0.1) is 11.3 Å². The maximum absolute atomic E-state index is 4.86. The highest BCUT2D eigenvalue weighted by Gasteiger charge is 2.23. The van der Waals surface area contributed by atoms with E-state index in [0.717, 1.165) is 31.0 Å². The van der Waals surface area contributed by atoms with Crippen LogP contribution in [0.25, 0.3) is 21.5 Å². The summed E-state index contributed by atoms with van der Waals surface area (Å²) in [7, 11) is 0. The number of aromatic nitrogens is 3. The number of benzene rings is 1. The molecule has 3 aromatic heterocycles. The first-order chi connectivity index (χ1) is 12.8. The van der Waals surface area contributed by atoms with Crippen molar-refractivity contribution in [1.82, 2.24) is 19.7 Å². The van der Waals surface area contributed by atoms with Crippen molar-refractivity contribution in [3.8, 4) is 11.3 Å². The lowest BCUT2D eigenvalue weighted by Crippen LogP contribution is -2.34. The molecule has 6 heteroatoms. The van der Waals surface area contributed by atoms with Crippen LogP contribution in [0.5, 0.6) is 0 Å². The summed E-state index contributed by atoms with van der Waals surface area (Å²) in [6.07, 6.45) is 4.45. The second kappa shape index (κ2) is 6.95. The third-order valence-corrected chi connectivity index (χ3v) is 6.93. The molecule has 0 bridgehead atoms. The van der Waals surface area contributed by atoms with E-state index >= 15 is 0 Å². The molecule has 0 amide bonds. The maximum Gasteiger partial charge on any atom is 0.0970 e. The Balaban J connectivity index is 1.22. The van der Waals surface area contributed by atoms with Gasteiger partial charge in [0.1, 0.15) is 0 Å². The number of para-hydroxylation sites is 1. The fraction of sp³-hybridized carbons (Fsp3) is 0.300. The minimum absolute atomic E-state index is 0.600. The molecule has 0 spiro atoms. The number of thiophene rings is 1. The summed E-state index contributed by atoms with van der Waals surface area (Å²) in [5, 5.41) is 10.3. The van der Waals surface area contributed by atoms with Gasteiger partial charge in [-0.25, -0.2) is 4.98 Å². The molecule has 132 valence electrons. The van der Waals surface area contributed by atoms with Crippen molar-refractivity contribution in [2.24, 2.45) is 0 Å². The van der Waals surface area contributed by atoms with Crippen molar-refractivity contribution < 1.29 is 0 Å². The predicted molar refractivity (Wildman–Crippen MR) is 109 cm³/mol. The van der Waals surface area contributed by atoms with E-state index in [9.17, 15) is 0 Å². The van der Waals surface area contributed by atoms with Gasteiger partial charge in [-0.2, -0.15) is 16.4 Å². The number of piperidine rings is 1. The van der Waals surface area contributed by atoms with Crippen LogP contribution in [0.2, 0.25) is 0 Å². The molecular weight excluding hydrogens is 360 g/mol. The van der Waals surface area contributed by atoms with Gasteiger partial charge in [-0.05, 0) is 42.5 Å². The molecule has 4 heterocycles. The Kier molecular flexibility index (Phi) is 4.32. The van der Waals surface area contributed by atoms with Crippen molar-refractivity contribution in [3.05, 3.63) is 58.4 Å². The molecule has 4 aromatic rings. The fourth-order valence-corrected chi connectivity index (χ4v) is 5.38. The zero-order chi connectivity index (χ0) is 17.3. The molecule has 1 saturated heterocycles. The largest absolute Gasteiger partial charge is 0.284 e. The summed E-state index contributed by atoms with van der Waals surface area (Å²) < 4.78 is 3.37. The van der Waals surface area contributed by atoms with E-state index in [1.807, 2.05) is 11.3 Å². The molecule has 0 unspecified atom stereocenters. The Labute approximate surface area is 160 Å². The normalized spacial score (nSPS) is 16.5. The lowest BCUT2D eigenvalue weighted by Gasteiger charge is -2.30. The Morgan fingerprint density at radius 3 is 2.77 bits per heavy atom. The van der Waals surface area contributed by atoms with Crippen LogP contribution in [-0.4, -0.2) is 32.8 Å². The van der Waals surface area contributed by atoms with Gasteiger partial charge in [0.25, 0.3) is 0 Å². The van der Waals surface area contributed by atoms with Crippen LogP contribution in [-0.2, 0) is 6.67 Å². The number of fused-ring (bicyclic) bond motifs is 1. The van der Waals surface area contributed by atoms with Gasteiger partial charge in [0.2, 0.25) is 0 Å². The zero-order valence-electron chi connectivity index (χ0n) is 14.4. The van der Waals surface area contributed by atoms with E-state index in [-0.39, 0.29) is 0 Å². The van der Waals surface area contributed by atoms with Crippen LogP contribution in [0.4, 0.5) is 0 Å². The average molecular weight is 381 g/mol. The zero-order valence-corrected chi connectivity index (χ0v) is 16.0. The predicted octanol–water partition coefficient (Wildman–Crippen LogP) is 5.06. The van der Waals surface area contributed by atoms with Crippen LogP contribution < -0.4 is 0 Å². The molecule has 0 radical (unpaired) electrons. The van der Waals surface area contributed by atoms with E-state index in [0.29, 0.717) is 5.92 Å². The van der Waals surface area contributed by atoms with Gasteiger partial charge >= 0.3 is 0 Å². The quantitative estimate of drug-likeness (QED) is 0.496. The van der Waals surface area contributed by atoms with Crippen LogP contribution in [0, 0.1) is 0 Å². The highest BCUT2D eigenvalue weighted by atomic mass is 32.1. The van der Waals surface area contributed by atoms with E-state index in [1.165, 1.54) is 28.1 Å². The lowest BCUT2D eigenvalue weighted by molar-refractivity contribution is 0.162. The fourth-order valence-electron chi connectivity index (χ4n) is 3.60. The van der Waals surface area contributed by atoms with Crippen molar-refractivity contribution in [3.63, 3.8) is 0 Å². The number of thiazole rings is 1. The summed E-state index contributed by atoms with van der Waals surface area (Å²) in [4.78, 5) is 7.35. The molecule has 0 saturated carbocycles. The van der Waals surface area contributed by atoms with Gasteiger partial charge in [0.15, 0.2) is 0 Å². The second-order valence-corrected chi connectivity index (χ2v) is 8.65. The van der Waals surface area contributed by atoms with Crippen LogP contribution in [0.15, 0.2) is 53.4 Å². The molecule has 1 aromatic carbocycles. The van der Waals surface area contributed by atoms with Gasteiger partial charge in [-0.3, -0.25) is 9.58 Å². The Morgan fingerprint density at radius 2 is 1.96 bits per heavy atom. The lowest BCUT2D eigenvalue weighted by atomic mass is 9.98. The smallest absolute Gasteiger partial charge is 0.0970 e. The highest BCUT2D eigenvalue weighted by Crippen LogP contribution is 2.33. The summed E-state index contributed by atoms with van der Waals surface area (Å²) in [6, 6.07) is 12.7. The number of likely N-dealkylation sites (tertiary alicyclic amines) is 1. The van der Waals surface area contributed by atoms with Gasteiger partial charge < -0.3 is 0 Å². The SMILES string of the molecule is c1ccc2sc(C3CCN(Cn4ccc(-c5ccsc5)n4)CC3)nc2c1. The third-order valence-electron chi connectivity index (χ3n) is 5.05. The van der Waals surface area contributed by atoms with E-state index in [1.54, 1.807) is 11.3 Å². The number of rotatable bonds is 4. The minimum atomic E-state index is 0.600. The molecule has 1 aliphatic rings. The molecule has 1 aliphatic heterocycles. The Bertz CT molecular complexity index is 961. The summed E-state index contributed by atoms with van der Waals surface area (Å²) in [5.41, 5.74) is 3.42. The molecule has 0 aliphatic carbocycles. The first-order valence-electron chi connectivity index (χ1n) is 8.99. The third kappa shape index (κ3) is 3.20. The average Bonchev–Trinajstić information content (AvgIpc) is 3.42. The maximum atomic E-state index is 4.86. The van der Waals surface area contributed by atoms with Crippen LogP contribution in [0.3, 0.4) is 0 Å². The van der Waals surface area contributed by atoms with E-state index in [4.69, 9.17) is 10.1 Å². The van der Waals surface area contributed by atoms with Gasteiger partial charge in [0, 0.05) is 36.1 Å². The highest BCUT2D eigenvalue weighted by molar-refractivity contribution is 7.18. The number of hydrogen-bond acceptors (Lipinski definition) is 5. The van der Waals surface area contributed by atoms with Crippen molar-refractivity contribution in [2.75, 3.05) is 13.1 Å². The first kappa shape index (κ1) is 16.2. The second-order valence-electron chi connectivity index (χ2n) is 6.81. The minimum Gasteiger partial charge on any atom is -0.284 e. The van der Waals surface area contributed by atoms with Gasteiger partial charge in [0.05, 0.1) is 27.6 Å².